The van der Waals surface area contributed by atoms with Gasteiger partial charge in [0.15, 0.2) is 0 Å². The van der Waals surface area contributed by atoms with Crippen molar-refractivity contribution >= 4 is 0 Å². The number of hydrogen-bond donors (Lipinski definition) is 1. The van der Waals surface area contributed by atoms with Gasteiger partial charge < -0.3 is 15.2 Å². The first-order valence-corrected chi connectivity index (χ1v) is 7.50. The topological polar surface area (TPSA) is 70.3 Å². The minimum absolute atomic E-state index is 0.0604. The van der Waals surface area contributed by atoms with Crippen molar-refractivity contribution in [1.82, 2.24) is 10.2 Å². The summed E-state index contributed by atoms with van der Waals surface area (Å²) in [5, 5.41) is 8.22. The second-order valence-electron chi connectivity index (χ2n) is 6.02. The third kappa shape index (κ3) is 2.65. The summed E-state index contributed by atoms with van der Waals surface area (Å²) in [7, 11) is 1.59. The van der Waals surface area contributed by atoms with E-state index in [0.29, 0.717) is 11.8 Å². The van der Waals surface area contributed by atoms with Gasteiger partial charge in [0.2, 0.25) is 5.88 Å². The van der Waals surface area contributed by atoms with Crippen molar-refractivity contribution < 1.29 is 9.47 Å². The van der Waals surface area contributed by atoms with Crippen molar-refractivity contribution in [2.45, 2.75) is 50.2 Å². The zero-order chi connectivity index (χ0) is 14.0. The van der Waals surface area contributed by atoms with E-state index in [4.69, 9.17) is 15.2 Å². The normalized spacial score (nSPS) is 26.6. The quantitative estimate of drug-likeness (QED) is 0.917. The predicted molar refractivity (Wildman–Crippen MR) is 75.4 cm³/mol. The van der Waals surface area contributed by atoms with E-state index < -0.39 is 0 Å². The van der Waals surface area contributed by atoms with Crippen LogP contribution in [-0.2, 0) is 4.74 Å². The van der Waals surface area contributed by atoms with Crippen LogP contribution in [0.1, 0.15) is 50.3 Å². The maximum atomic E-state index is 6.41. The van der Waals surface area contributed by atoms with Gasteiger partial charge in [-0.25, -0.2) is 0 Å². The molecular weight excluding hydrogens is 254 g/mol. The standard InChI is InChI=1S/C15H23N3O2/c1-19-13-5-4-12(17-18-13)14(16)11-6-9-20-15(10-11)7-2-3-8-15/h4-5,11,14H,2-3,6-10,16H2,1H3. The molecule has 2 aliphatic rings. The highest BCUT2D eigenvalue weighted by Crippen LogP contribution is 2.44. The lowest BCUT2D eigenvalue weighted by Crippen LogP contribution is -2.40. The second kappa shape index (κ2) is 5.66. The van der Waals surface area contributed by atoms with E-state index in [-0.39, 0.29) is 11.6 Å². The van der Waals surface area contributed by atoms with E-state index in [1.807, 2.05) is 12.1 Å². The summed E-state index contributed by atoms with van der Waals surface area (Å²) < 4.78 is 11.1. The molecule has 1 aliphatic carbocycles. The van der Waals surface area contributed by atoms with Crippen LogP contribution in [0.5, 0.6) is 5.88 Å². The Morgan fingerprint density at radius 3 is 2.80 bits per heavy atom. The lowest BCUT2D eigenvalue weighted by atomic mass is 9.80. The summed E-state index contributed by atoms with van der Waals surface area (Å²) in [5.41, 5.74) is 7.36. The van der Waals surface area contributed by atoms with Crippen molar-refractivity contribution in [2.75, 3.05) is 13.7 Å². The molecule has 1 spiro atoms. The van der Waals surface area contributed by atoms with Crippen molar-refractivity contribution in [2.24, 2.45) is 11.7 Å². The number of nitrogens with zero attached hydrogens (tertiary/aromatic N) is 2. The fourth-order valence-corrected chi connectivity index (χ4v) is 3.60. The number of rotatable bonds is 3. The molecule has 2 unspecified atom stereocenters. The van der Waals surface area contributed by atoms with Gasteiger partial charge in [-0.05, 0) is 37.7 Å². The summed E-state index contributed by atoms with van der Waals surface area (Å²) in [6, 6.07) is 3.69. The largest absolute Gasteiger partial charge is 0.480 e. The molecule has 5 nitrogen and oxygen atoms in total. The van der Waals surface area contributed by atoms with Crippen molar-refractivity contribution in [3.63, 3.8) is 0 Å². The van der Waals surface area contributed by atoms with E-state index in [2.05, 4.69) is 10.2 Å². The first kappa shape index (κ1) is 13.8. The summed E-state index contributed by atoms with van der Waals surface area (Å²) in [4.78, 5) is 0. The molecule has 0 bridgehead atoms. The third-order valence-electron chi connectivity index (χ3n) is 4.77. The Balaban J connectivity index is 1.70. The van der Waals surface area contributed by atoms with Gasteiger partial charge in [0.05, 0.1) is 24.4 Å². The minimum Gasteiger partial charge on any atom is -0.480 e. The summed E-state index contributed by atoms with van der Waals surface area (Å²) in [5.74, 6) is 0.963. The van der Waals surface area contributed by atoms with E-state index in [1.54, 1.807) is 7.11 Å². The van der Waals surface area contributed by atoms with Gasteiger partial charge >= 0.3 is 0 Å². The minimum atomic E-state index is -0.0604. The van der Waals surface area contributed by atoms with E-state index >= 15 is 0 Å². The monoisotopic (exact) mass is 277 g/mol. The van der Waals surface area contributed by atoms with Crippen LogP contribution in [0.3, 0.4) is 0 Å². The Morgan fingerprint density at radius 1 is 1.35 bits per heavy atom. The Bertz CT molecular complexity index is 443. The second-order valence-corrected chi connectivity index (χ2v) is 6.02. The third-order valence-corrected chi connectivity index (χ3v) is 4.77. The summed E-state index contributed by atoms with van der Waals surface area (Å²) in [6.07, 6.45) is 7.00. The van der Waals surface area contributed by atoms with Crippen LogP contribution in [0.15, 0.2) is 12.1 Å². The van der Waals surface area contributed by atoms with Crippen LogP contribution in [0.25, 0.3) is 0 Å². The lowest BCUT2D eigenvalue weighted by molar-refractivity contribution is -0.0965. The average Bonchev–Trinajstić information content (AvgIpc) is 2.94. The van der Waals surface area contributed by atoms with Crippen molar-refractivity contribution in [3.05, 3.63) is 17.8 Å². The molecule has 2 N–H and O–H groups in total. The molecule has 1 saturated carbocycles. The highest BCUT2D eigenvalue weighted by molar-refractivity contribution is 5.15. The van der Waals surface area contributed by atoms with Crippen LogP contribution in [0.2, 0.25) is 0 Å². The molecule has 0 aromatic carbocycles. The Labute approximate surface area is 119 Å². The number of methoxy groups -OCH3 is 1. The molecule has 1 aromatic rings. The molecule has 1 aromatic heterocycles. The zero-order valence-electron chi connectivity index (χ0n) is 12.0. The zero-order valence-corrected chi connectivity index (χ0v) is 12.0. The maximum absolute atomic E-state index is 6.41. The molecule has 1 aliphatic heterocycles. The van der Waals surface area contributed by atoms with Crippen molar-refractivity contribution in [3.8, 4) is 5.88 Å². The Kier molecular flexibility index (Phi) is 3.89. The Morgan fingerprint density at radius 2 is 2.15 bits per heavy atom. The molecule has 110 valence electrons. The highest BCUT2D eigenvalue weighted by atomic mass is 16.5. The number of ether oxygens (including phenoxy) is 2. The Hall–Kier alpha value is -1.20. The van der Waals surface area contributed by atoms with Gasteiger partial charge in [-0.3, -0.25) is 0 Å². The van der Waals surface area contributed by atoms with Gasteiger partial charge in [-0.15, -0.1) is 5.10 Å². The van der Waals surface area contributed by atoms with Crippen LogP contribution in [0, 0.1) is 5.92 Å². The molecular formula is C15H23N3O2. The van der Waals surface area contributed by atoms with Gasteiger partial charge in [0.25, 0.3) is 0 Å². The number of nitrogens with two attached hydrogens (primary N) is 1. The lowest BCUT2D eigenvalue weighted by Gasteiger charge is -2.40. The molecule has 0 radical (unpaired) electrons. The molecule has 20 heavy (non-hydrogen) atoms. The molecule has 1 saturated heterocycles. The average molecular weight is 277 g/mol. The molecule has 2 atom stereocenters. The SMILES string of the molecule is COc1ccc(C(N)C2CCOC3(CCCC3)C2)nn1. The number of hydrogen-bond acceptors (Lipinski definition) is 5. The van der Waals surface area contributed by atoms with Crippen LogP contribution in [0.4, 0.5) is 0 Å². The molecule has 0 amide bonds. The van der Waals surface area contributed by atoms with Crippen molar-refractivity contribution in [1.29, 1.82) is 0 Å². The first-order chi connectivity index (χ1) is 9.72. The van der Waals surface area contributed by atoms with E-state index in [9.17, 15) is 0 Å². The van der Waals surface area contributed by atoms with Crippen LogP contribution >= 0.6 is 0 Å². The van der Waals surface area contributed by atoms with Gasteiger partial charge in [-0.1, -0.05) is 12.8 Å². The summed E-state index contributed by atoms with van der Waals surface area (Å²) >= 11 is 0. The maximum Gasteiger partial charge on any atom is 0.233 e. The highest BCUT2D eigenvalue weighted by Gasteiger charge is 2.41. The smallest absolute Gasteiger partial charge is 0.233 e. The fraction of sp³-hybridized carbons (Fsp3) is 0.733. The molecule has 5 heteroatoms. The van der Waals surface area contributed by atoms with Gasteiger partial charge in [-0.2, -0.15) is 5.10 Å². The first-order valence-electron chi connectivity index (χ1n) is 7.50. The van der Waals surface area contributed by atoms with Crippen LogP contribution in [-0.4, -0.2) is 29.5 Å². The molecule has 2 fully saturated rings. The number of aromatic nitrogens is 2. The van der Waals surface area contributed by atoms with E-state index in [0.717, 1.165) is 25.1 Å². The predicted octanol–water partition coefficient (Wildman–Crippen LogP) is 2.22. The summed E-state index contributed by atoms with van der Waals surface area (Å²) in [6.45, 7) is 0.821. The molecule has 2 heterocycles. The molecule has 3 rings (SSSR count). The van der Waals surface area contributed by atoms with Gasteiger partial charge in [0.1, 0.15) is 0 Å². The van der Waals surface area contributed by atoms with Crippen LogP contribution < -0.4 is 10.5 Å². The van der Waals surface area contributed by atoms with Gasteiger partial charge in [0, 0.05) is 12.7 Å². The fourth-order valence-electron chi connectivity index (χ4n) is 3.60. The van der Waals surface area contributed by atoms with E-state index in [1.165, 1.54) is 25.7 Å².